The van der Waals surface area contributed by atoms with E-state index in [1.54, 1.807) is 6.07 Å². The second kappa shape index (κ2) is 5.42. The number of anilines is 1. The molecule has 2 heterocycles. The Hall–Kier alpha value is -2.41. The largest absolute Gasteiger partial charge is 0.550 e. The molecule has 116 valence electrons. The van der Waals surface area contributed by atoms with E-state index in [2.05, 4.69) is 5.32 Å². The number of hydrogen-bond acceptors (Lipinski definition) is 6. The highest BCUT2D eigenvalue weighted by molar-refractivity contribution is 6.01. The van der Waals surface area contributed by atoms with Crippen LogP contribution in [-0.2, 0) is 14.3 Å². The van der Waals surface area contributed by atoms with E-state index in [0.717, 1.165) is 0 Å². The number of nitrogens with one attached hydrogen (secondary N) is 1. The number of carbonyl (C=O) groups is 3. The molecule has 2 fully saturated rings. The number of hydrogen-bond donors (Lipinski definition) is 1. The number of amides is 1. The zero-order valence-corrected chi connectivity index (χ0v) is 11.5. The van der Waals surface area contributed by atoms with Crippen molar-refractivity contribution in [2.45, 2.75) is 25.0 Å². The van der Waals surface area contributed by atoms with Gasteiger partial charge in [-0.2, -0.15) is 0 Å². The summed E-state index contributed by atoms with van der Waals surface area (Å²) < 4.78 is 5.48. The Morgan fingerprint density at radius 1 is 1.05 bits per heavy atom. The predicted molar refractivity (Wildman–Crippen MR) is 69.3 cm³/mol. The van der Waals surface area contributed by atoms with Crippen LogP contribution in [0.3, 0.4) is 0 Å². The van der Waals surface area contributed by atoms with Crippen molar-refractivity contribution < 1.29 is 29.3 Å². The van der Waals surface area contributed by atoms with Crippen molar-refractivity contribution in [1.82, 2.24) is 0 Å². The highest BCUT2D eigenvalue weighted by Gasteiger charge is 2.52. The maximum absolute atomic E-state index is 12.4. The van der Waals surface area contributed by atoms with Gasteiger partial charge in [0, 0.05) is 23.1 Å². The van der Waals surface area contributed by atoms with Gasteiger partial charge in [-0.3, -0.25) is 4.79 Å². The Morgan fingerprint density at radius 2 is 1.68 bits per heavy atom. The quantitative estimate of drug-likeness (QED) is 0.725. The van der Waals surface area contributed by atoms with Crippen LogP contribution in [-0.4, -0.2) is 30.1 Å². The molecule has 7 nitrogen and oxygen atoms in total. The second-order valence-corrected chi connectivity index (χ2v) is 5.48. The lowest BCUT2D eigenvalue weighted by atomic mass is 9.78. The third kappa shape index (κ3) is 2.33. The molecule has 0 saturated carbocycles. The van der Waals surface area contributed by atoms with Crippen LogP contribution in [0.5, 0.6) is 0 Å². The lowest BCUT2D eigenvalue weighted by molar-refractivity contribution is -0.313. The molecule has 7 heteroatoms. The molecule has 1 N–H and O–H groups in total. The first kappa shape index (κ1) is 14.5. The van der Waals surface area contributed by atoms with Crippen LogP contribution >= 0.6 is 0 Å². The zero-order chi connectivity index (χ0) is 15.9. The van der Waals surface area contributed by atoms with Gasteiger partial charge in [0.1, 0.15) is 0 Å². The summed E-state index contributed by atoms with van der Waals surface area (Å²) in [6.07, 6.45) is 0.211. The smallest absolute Gasteiger partial charge is 0.230 e. The molecule has 1 amide bonds. The number of carboxylic acids is 2. The Labute approximate surface area is 125 Å². The highest BCUT2D eigenvalue weighted by Crippen LogP contribution is 2.43. The molecule has 2 bridgehead atoms. The summed E-state index contributed by atoms with van der Waals surface area (Å²) in [6, 6.07) is 5.80. The fraction of sp³-hybridized carbons (Fsp3) is 0.400. The van der Waals surface area contributed by atoms with Gasteiger partial charge in [0.25, 0.3) is 0 Å². The fourth-order valence-electron chi connectivity index (χ4n) is 3.30. The third-order valence-corrected chi connectivity index (χ3v) is 4.25. The molecule has 0 aliphatic carbocycles. The van der Waals surface area contributed by atoms with Crippen molar-refractivity contribution >= 4 is 23.5 Å². The van der Waals surface area contributed by atoms with Crippen molar-refractivity contribution in [3.63, 3.8) is 0 Å². The predicted octanol–water partition coefficient (Wildman–Crippen LogP) is -1.47. The van der Waals surface area contributed by atoms with Crippen LogP contribution in [0, 0.1) is 11.8 Å². The molecular formula is C15H13NO6-2. The van der Waals surface area contributed by atoms with Crippen LogP contribution < -0.4 is 15.5 Å². The standard InChI is InChI=1S/C15H15NO6/c17-13(16-8-4-2-1-3-7(8)14(18)19)11-9-5-6-10(22-9)12(11)15(20)21/h1-4,9-12H,5-6H2,(H,16,17)(H,18,19)(H,20,21)/p-2/t9-,10+,11+,12-/m0/s1. The van der Waals surface area contributed by atoms with Crippen LogP contribution in [0.1, 0.15) is 23.2 Å². The summed E-state index contributed by atoms with van der Waals surface area (Å²) in [4.78, 5) is 34.7. The monoisotopic (exact) mass is 303 g/mol. The third-order valence-electron chi connectivity index (χ3n) is 4.25. The molecule has 0 spiro atoms. The van der Waals surface area contributed by atoms with Crippen molar-refractivity contribution in [2.75, 3.05) is 5.32 Å². The first-order valence-corrected chi connectivity index (χ1v) is 6.96. The maximum Gasteiger partial charge on any atom is 0.230 e. The molecule has 0 radical (unpaired) electrons. The summed E-state index contributed by atoms with van der Waals surface area (Å²) in [7, 11) is 0. The highest BCUT2D eigenvalue weighted by atomic mass is 16.5. The topological polar surface area (TPSA) is 119 Å². The van der Waals surface area contributed by atoms with Gasteiger partial charge < -0.3 is 29.9 Å². The zero-order valence-electron chi connectivity index (χ0n) is 11.5. The number of aliphatic carboxylic acids is 1. The van der Waals surface area contributed by atoms with E-state index in [1.165, 1.54) is 18.2 Å². The molecule has 0 unspecified atom stereocenters. The lowest BCUT2D eigenvalue weighted by Crippen LogP contribution is -2.46. The molecule has 22 heavy (non-hydrogen) atoms. The van der Waals surface area contributed by atoms with E-state index < -0.39 is 41.9 Å². The van der Waals surface area contributed by atoms with Gasteiger partial charge in [0.2, 0.25) is 5.91 Å². The average Bonchev–Trinajstić information content (AvgIpc) is 3.08. The van der Waals surface area contributed by atoms with Gasteiger partial charge >= 0.3 is 0 Å². The molecular weight excluding hydrogens is 290 g/mol. The number of aromatic carboxylic acids is 1. The molecule has 1 aromatic carbocycles. The lowest BCUT2D eigenvalue weighted by Gasteiger charge is -2.28. The summed E-state index contributed by atoms with van der Waals surface area (Å²) in [5, 5.41) is 24.8. The molecule has 0 aromatic heterocycles. The number of para-hydroxylation sites is 1. The minimum atomic E-state index is -1.42. The van der Waals surface area contributed by atoms with Gasteiger partial charge in [-0.15, -0.1) is 0 Å². The molecule has 2 aliphatic rings. The molecule has 2 saturated heterocycles. The van der Waals surface area contributed by atoms with Gasteiger partial charge in [-0.05, 0) is 18.9 Å². The Kier molecular flexibility index (Phi) is 3.58. The normalized spacial score (nSPS) is 29.3. The minimum absolute atomic E-state index is 0.0763. The molecule has 2 aliphatic heterocycles. The van der Waals surface area contributed by atoms with E-state index in [-0.39, 0.29) is 11.3 Å². The minimum Gasteiger partial charge on any atom is -0.550 e. The second-order valence-electron chi connectivity index (χ2n) is 5.48. The van der Waals surface area contributed by atoms with E-state index in [1.807, 2.05) is 0 Å². The average molecular weight is 303 g/mol. The SMILES string of the molecule is O=C([O-])c1ccccc1NC(=O)[C@H]1[C@@H](C(=O)[O-])[C@H]2CC[C@@H]1O2. The number of ether oxygens (including phenoxy) is 1. The Bertz CT molecular complexity index is 643. The molecule has 1 aromatic rings. The van der Waals surface area contributed by atoms with Gasteiger partial charge in [0.05, 0.1) is 24.1 Å². The Balaban J connectivity index is 1.83. The first-order valence-electron chi connectivity index (χ1n) is 6.96. The molecule has 4 atom stereocenters. The number of carboxylic acid groups (broad SMARTS) is 2. The van der Waals surface area contributed by atoms with E-state index in [0.29, 0.717) is 12.8 Å². The van der Waals surface area contributed by atoms with Crippen molar-refractivity contribution in [2.24, 2.45) is 11.8 Å². The fourth-order valence-corrected chi connectivity index (χ4v) is 3.30. The first-order chi connectivity index (χ1) is 10.5. The summed E-state index contributed by atoms with van der Waals surface area (Å²) in [6.45, 7) is 0. The number of fused-ring (bicyclic) bond motifs is 2. The maximum atomic E-state index is 12.4. The number of rotatable bonds is 4. The van der Waals surface area contributed by atoms with Crippen molar-refractivity contribution in [1.29, 1.82) is 0 Å². The van der Waals surface area contributed by atoms with Crippen molar-refractivity contribution in [3.8, 4) is 0 Å². The van der Waals surface area contributed by atoms with E-state index in [4.69, 9.17) is 4.74 Å². The summed E-state index contributed by atoms with van der Waals surface area (Å²) >= 11 is 0. The summed E-state index contributed by atoms with van der Waals surface area (Å²) in [5.41, 5.74) is -0.0858. The van der Waals surface area contributed by atoms with E-state index in [9.17, 15) is 24.6 Å². The molecule has 3 rings (SSSR count). The van der Waals surface area contributed by atoms with Gasteiger partial charge in [-0.25, -0.2) is 0 Å². The van der Waals surface area contributed by atoms with E-state index >= 15 is 0 Å². The van der Waals surface area contributed by atoms with Crippen LogP contribution in [0.15, 0.2) is 24.3 Å². The van der Waals surface area contributed by atoms with Crippen LogP contribution in [0.25, 0.3) is 0 Å². The Morgan fingerprint density at radius 3 is 2.32 bits per heavy atom. The van der Waals surface area contributed by atoms with Gasteiger partial charge in [-0.1, -0.05) is 18.2 Å². The number of benzene rings is 1. The number of carbonyl (C=O) groups excluding carboxylic acids is 3. The summed E-state index contributed by atoms with van der Waals surface area (Å²) in [5.74, 6) is -5.19. The van der Waals surface area contributed by atoms with Crippen LogP contribution in [0.4, 0.5) is 5.69 Å². The van der Waals surface area contributed by atoms with Crippen LogP contribution in [0.2, 0.25) is 0 Å². The van der Waals surface area contributed by atoms with Gasteiger partial charge in [0.15, 0.2) is 0 Å². The van der Waals surface area contributed by atoms with Crippen molar-refractivity contribution in [3.05, 3.63) is 29.8 Å².